The van der Waals surface area contributed by atoms with Crippen LogP contribution in [0.15, 0.2) is 24.3 Å². The highest BCUT2D eigenvalue weighted by Gasteiger charge is 2.28. The number of aromatic nitrogens is 3. The van der Waals surface area contributed by atoms with E-state index in [2.05, 4.69) is 34.4 Å². The second-order valence-electron chi connectivity index (χ2n) is 6.42. The van der Waals surface area contributed by atoms with E-state index in [1.807, 2.05) is 24.3 Å². The van der Waals surface area contributed by atoms with Crippen LogP contribution in [0.4, 0.5) is 0 Å². The molecule has 0 atom stereocenters. The molecule has 7 heteroatoms. The summed E-state index contributed by atoms with van der Waals surface area (Å²) in [6.45, 7) is 8.36. The molecule has 2 heterocycles. The fourth-order valence-corrected chi connectivity index (χ4v) is 2.82. The first kappa shape index (κ1) is 15.9. The van der Waals surface area contributed by atoms with Gasteiger partial charge in [0.1, 0.15) is 12.1 Å². The lowest BCUT2D eigenvalue weighted by Crippen LogP contribution is -2.55. The average molecular weight is 317 g/mol. The van der Waals surface area contributed by atoms with E-state index in [9.17, 15) is 4.79 Å². The quantitative estimate of drug-likeness (QED) is 0.877. The second kappa shape index (κ2) is 6.64. The lowest BCUT2D eigenvalue weighted by Gasteiger charge is -2.40. The van der Waals surface area contributed by atoms with Gasteiger partial charge in [0.25, 0.3) is 0 Å². The van der Waals surface area contributed by atoms with E-state index in [0.29, 0.717) is 6.54 Å². The van der Waals surface area contributed by atoms with E-state index in [-0.39, 0.29) is 18.0 Å². The molecule has 1 N–H and O–H groups in total. The number of nitrogens with one attached hydrogen (secondary N) is 1. The summed E-state index contributed by atoms with van der Waals surface area (Å²) in [5.41, 5.74) is 1.58. The lowest BCUT2D eigenvalue weighted by atomic mass is 10.0. The highest BCUT2D eigenvalue weighted by molar-refractivity contribution is 5.79. The predicted molar refractivity (Wildman–Crippen MR) is 87.0 cm³/mol. The van der Waals surface area contributed by atoms with Crippen LogP contribution in [0.25, 0.3) is 11.0 Å². The minimum Gasteiger partial charge on any atom is -0.379 e. The first-order chi connectivity index (χ1) is 11.1. The summed E-state index contributed by atoms with van der Waals surface area (Å²) in [6.07, 6.45) is 0. The predicted octanol–water partition coefficient (Wildman–Crippen LogP) is 0.658. The molecule has 1 aromatic heterocycles. The molecule has 1 saturated heterocycles. The standard InChI is InChI=1S/C16H23N5O2/c1-16(2,20-7-9-23-10-8-20)12-17-15(22)11-21-14-6-4-3-5-13(14)18-19-21/h3-6H,7-12H2,1-2H3,(H,17,22). The molecule has 23 heavy (non-hydrogen) atoms. The number of fused-ring (bicyclic) bond motifs is 1. The van der Waals surface area contributed by atoms with Gasteiger partial charge in [-0.3, -0.25) is 9.69 Å². The van der Waals surface area contributed by atoms with Crippen molar-refractivity contribution in [1.29, 1.82) is 0 Å². The zero-order chi connectivity index (χ0) is 16.3. The Labute approximate surface area is 135 Å². The van der Waals surface area contributed by atoms with E-state index >= 15 is 0 Å². The van der Waals surface area contributed by atoms with Gasteiger partial charge in [0.15, 0.2) is 0 Å². The van der Waals surface area contributed by atoms with Crippen molar-refractivity contribution in [2.75, 3.05) is 32.8 Å². The van der Waals surface area contributed by atoms with Gasteiger partial charge in [-0.25, -0.2) is 4.68 Å². The topological polar surface area (TPSA) is 72.3 Å². The van der Waals surface area contributed by atoms with Crippen molar-refractivity contribution in [3.8, 4) is 0 Å². The number of ether oxygens (including phenoxy) is 1. The van der Waals surface area contributed by atoms with Crippen molar-refractivity contribution in [2.45, 2.75) is 25.9 Å². The number of hydrogen-bond donors (Lipinski definition) is 1. The Bertz CT molecular complexity index is 676. The van der Waals surface area contributed by atoms with Crippen molar-refractivity contribution < 1.29 is 9.53 Å². The van der Waals surface area contributed by atoms with Gasteiger partial charge in [0.05, 0.1) is 18.7 Å². The third-order valence-electron chi connectivity index (χ3n) is 4.30. The van der Waals surface area contributed by atoms with Gasteiger partial charge in [-0.05, 0) is 26.0 Å². The molecule has 0 bridgehead atoms. The highest BCUT2D eigenvalue weighted by atomic mass is 16.5. The van der Waals surface area contributed by atoms with Crippen LogP contribution < -0.4 is 5.32 Å². The molecule has 2 aromatic rings. The minimum atomic E-state index is -0.0934. The van der Waals surface area contributed by atoms with Crippen molar-refractivity contribution >= 4 is 16.9 Å². The molecular weight excluding hydrogens is 294 g/mol. The number of carbonyl (C=O) groups excluding carboxylic acids is 1. The Balaban J connectivity index is 1.57. The molecule has 124 valence electrons. The van der Waals surface area contributed by atoms with E-state index in [0.717, 1.165) is 37.3 Å². The Morgan fingerprint density at radius 2 is 2.04 bits per heavy atom. The third-order valence-corrected chi connectivity index (χ3v) is 4.30. The van der Waals surface area contributed by atoms with Crippen LogP contribution in [0.3, 0.4) is 0 Å². The van der Waals surface area contributed by atoms with Gasteiger partial charge in [-0.1, -0.05) is 17.3 Å². The number of amides is 1. The molecule has 1 aliphatic heterocycles. The molecule has 0 saturated carbocycles. The molecule has 0 unspecified atom stereocenters. The second-order valence-corrected chi connectivity index (χ2v) is 6.42. The van der Waals surface area contributed by atoms with Crippen LogP contribution in [0.2, 0.25) is 0 Å². The number of rotatable bonds is 5. The van der Waals surface area contributed by atoms with Crippen LogP contribution in [0.1, 0.15) is 13.8 Å². The van der Waals surface area contributed by atoms with Gasteiger partial charge in [-0.2, -0.15) is 0 Å². The summed E-state index contributed by atoms with van der Waals surface area (Å²) in [6, 6.07) is 7.63. The molecular formula is C16H23N5O2. The van der Waals surface area contributed by atoms with Crippen LogP contribution >= 0.6 is 0 Å². The van der Waals surface area contributed by atoms with Crippen LogP contribution in [0.5, 0.6) is 0 Å². The molecule has 3 rings (SSSR count). The molecule has 7 nitrogen and oxygen atoms in total. The smallest absolute Gasteiger partial charge is 0.241 e. The largest absolute Gasteiger partial charge is 0.379 e. The molecule has 0 spiro atoms. The number of morpholine rings is 1. The van der Waals surface area contributed by atoms with Gasteiger partial charge in [-0.15, -0.1) is 5.10 Å². The molecule has 1 aromatic carbocycles. The van der Waals surface area contributed by atoms with Crippen LogP contribution in [0, 0.1) is 0 Å². The van der Waals surface area contributed by atoms with Crippen LogP contribution in [-0.4, -0.2) is 64.2 Å². The fraction of sp³-hybridized carbons (Fsp3) is 0.562. The zero-order valence-electron chi connectivity index (χ0n) is 13.7. The maximum absolute atomic E-state index is 12.2. The van der Waals surface area contributed by atoms with Gasteiger partial charge >= 0.3 is 0 Å². The highest BCUT2D eigenvalue weighted by Crippen LogP contribution is 2.15. The Kier molecular flexibility index (Phi) is 4.58. The average Bonchev–Trinajstić information content (AvgIpc) is 2.97. The minimum absolute atomic E-state index is 0.0537. The molecule has 1 amide bonds. The zero-order valence-corrected chi connectivity index (χ0v) is 13.7. The number of carbonyl (C=O) groups is 1. The number of hydrogen-bond acceptors (Lipinski definition) is 5. The summed E-state index contributed by atoms with van der Waals surface area (Å²) in [4.78, 5) is 14.6. The van der Waals surface area contributed by atoms with Gasteiger partial charge in [0.2, 0.25) is 5.91 Å². The van der Waals surface area contributed by atoms with Crippen molar-refractivity contribution in [3.05, 3.63) is 24.3 Å². The van der Waals surface area contributed by atoms with E-state index in [1.165, 1.54) is 0 Å². The molecule has 0 radical (unpaired) electrons. The summed E-state index contributed by atoms with van der Waals surface area (Å²) in [5, 5.41) is 11.1. The number of para-hydroxylation sites is 1. The number of benzene rings is 1. The SMILES string of the molecule is CC(C)(CNC(=O)Cn1nnc2ccccc21)N1CCOCC1. The Morgan fingerprint density at radius 3 is 2.83 bits per heavy atom. The summed E-state index contributed by atoms with van der Waals surface area (Å²) in [5.74, 6) is -0.0537. The normalized spacial score (nSPS) is 16.6. The Hall–Kier alpha value is -1.99. The third kappa shape index (κ3) is 3.68. The molecule has 1 fully saturated rings. The van der Waals surface area contributed by atoms with Gasteiger partial charge in [0, 0.05) is 25.2 Å². The molecule has 0 aliphatic carbocycles. The fourth-order valence-electron chi connectivity index (χ4n) is 2.82. The first-order valence-corrected chi connectivity index (χ1v) is 7.94. The summed E-state index contributed by atoms with van der Waals surface area (Å²) < 4.78 is 7.02. The van der Waals surface area contributed by atoms with Crippen molar-refractivity contribution in [2.24, 2.45) is 0 Å². The first-order valence-electron chi connectivity index (χ1n) is 7.94. The Morgan fingerprint density at radius 1 is 1.30 bits per heavy atom. The van der Waals surface area contributed by atoms with Crippen molar-refractivity contribution in [1.82, 2.24) is 25.2 Å². The number of nitrogens with zero attached hydrogens (tertiary/aromatic N) is 4. The summed E-state index contributed by atoms with van der Waals surface area (Å²) >= 11 is 0. The molecule has 1 aliphatic rings. The monoisotopic (exact) mass is 317 g/mol. The summed E-state index contributed by atoms with van der Waals surface area (Å²) in [7, 11) is 0. The van der Waals surface area contributed by atoms with E-state index < -0.39 is 0 Å². The maximum atomic E-state index is 12.2. The van der Waals surface area contributed by atoms with Crippen molar-refractivity contribution in [3.63, 3.8) is 0 Å². The van der Waals surface area contributed by atoms with Crippen LogP contribution in [-0.2, 0) is 16.1 Å². The lowest BCUT2D eigenvalue weighted by molar-refractivity contribution is -0.122. The van der Waals surface area contributed by atoms with E-state index in [4.69, 9.17) is 4.74 Å². The van der Waals surface area contributed by atoms with E-state index in [1.54, 1.807) is 4.68 Å². The maximum Gasteiger partial charge on any atom is 0.241 e. The van der Waals surface area contributed by atoms with Gasteiger partial charge < -0.3 is 10.1 Å².